The van der Waals surface area contributed by atoms with Gasteiger partial charge in [-0.1, -0.05) is 89.9 Å². The number of anilines is 1. The predicted octanol–water partition coefficient (Wildman–Crippen LogP) is 6.56. The van der Waals surface area contributed by atoms with Crippen molar-refractivity contribution in [1.82, 2.24) is 10.2 Å². The van der Waals surface area contributed by atoms with Gasteiger partial charge in [0.15, 0.2) is 0 Å². The minimum Gasteiger partial charge on any atom is -0.457 e. The van der Waals surface area contributed by atoms with Crippen LogP contribution < -0.4 is 14.4 Å². The SMILES string of the molecule is CCCCNC(=O)[C@@H](Cc1ccccc1)N(Cc1cccc(Br)c1)C(=O)CN(c1ccc(Oc2ccccc2)cc1)S(C)(=O)=O. The number of para-hydroxylation sites is 1. The van der Waals surface area contributed by atoms with Crippen LogP contribution in [0.5, 0.6) is 11.5 Å². The molecular formula is C35H38BrN3O5S. The minimum absolute atomic E-state index is 0.110. The normalized spacial score (nSPS) is 11.8. The number of unbranched alkanes of at least 4 members (excludes halogenated alkanes) is 1. The van der Waals surface area contributed by atoms with E-state index in [2.05, 4.69) is 21.2 Å². The molecule has 4 aromatic rings. The lowest BCUT2D eigenvalue weighted by Gasteiger charge is -2.33. The molecule has 4 rings (SSSR count). The van der Waals surface area contributed by atoms with Crippen molar-refractivity contribution in [3.8, 4) is 11.5 Å². The number of ether oxygens (including phenoxy) is 1. The molecule has 0 saturated heterocycles. The quantitative estimate of drug-likeness (QED) is 0.142. The van der Waals surface area contributed by atoms with Crippen molar-refractivity contribution < 1.29 is 22.7 Å². The van der Waals surface area contributed by atoms with Crippen molar-refractivity contribution in [2.45, 2.75) is 38.8 Å². The summed E-state index contributed by atoms with van der Waals surface area (Å²) in [5.41, 5.74) is 1.99. The van der Waals surface area contributed by atoms with Crippen LogP contribution in [0.1, 0.15) is 30.9 Å². The number of halogens is 1. The zero-order valence-corrected chi connectivity index (χ0v) is 27.8. The minimum atomic E-state index is -3.88. The number of sulfonamides is 1. The monoisotopic (exact) mass is 691 g/mol. The Morgan fingerprint density at radius 2 is 1.47 bits per heavy atom. The fraction of sp³-hybridized carbons (Fsp3) is 0.257. The van der Waals surface area contributed by atoms with E-state index in [1.807, 2.05) is 91.9 Å². The first-order valence-electron chi connectivity index (χ1n) is 14.8. The molecule has 8 nitrogen and oxygen atoms in total. The Labute approximate surface area is 274 Å². The van der Waals surface area contributed by atoms with Gasteiger partial charge in [0.25, 0.3) is 0 Å². The third-order valence-corrected chi connectivity index (χ3v) is 8.76. The second-order valence-corrected chi connectivity index (χ2v) is 13.5. The van der Waals surface area contributed by atoms with Crippen LogP contribution in [0, 0.1) is 0 Å². The molecule has 0 aliphatic heterocycles. The molecule has 45 heavy (non-hydrogen) atoms. The standard InChI is InChI=1S/C35H38BrN3O5S/c1-3-4-22-37-35(41)33(24-27-12-7-5-8-13-27)38(25-28-14-11-15-29(36)23-28)34(40)26-39(45(2,42)43)30-18-20-32(21-19-30)44-31-16-9-6-10-17-31/h5-21,23,33H,3-4,22,24-26H2,1-2H3,(H,37,41)/t33-/m1/s1. The second-order valence-electron chi connectivity index (χ2n) is 10.7. The highest BCUT2D eigenvalue weighted by Gasteiger charge is 2.33. The molecule has 0 radical (unpaired) electrons. The largest absolute Gasteiger partial charge is 0.457 e. The van der Waals surface area contributed by atoms with Crippen molar-refractivity contribution >= 4 is 43.5 Å². The summed E-state index contributed by atoms with van der Waals surface area (Å²) in [5, 5.41) is 2.99. The van der Waals surface area contributed by atoms with Gasteiger partial charge in [-0.3, -0.25) is 13.9 Å². The van der Waals surface area contributed by atoms with E-state index in [-0.39, 0.29) is 18.9 Å². The van der Waals surface area contributed by atoms with Gasteiger partial charge < -0.3 is 15.0 Å². The summed E-state index contributed by atoms with van der Waals surface area (Å²) in [4.78, 5) is 29.4. The van der Waals surface area contributed by atoms with Crippen molar-refractivity contribution in [2.75, 3.05) is 23.7 Å². The molecule has 236 valence electrons. The van der Waals surface area contributed by atoms with Crippen LogP contribution in [0.4, 0.5) is 5.69 Å². The molecule has 0 saturated carbocycles. The molecule has 0 bridgehead atoms. The molecular weight excluding hydrogens is 654 g/mol. The van der Waals surface area contributed by atoms with E-state index in [1.54, 1.807) is 24.3 Å². The number of carbonyl (C=O) groups excluding carboxylic acids is 2. The predicted molar refractivity (Wildman–Crippen MR) is 182 cm³/mol. The summed E-state index contributed by atoms with van der Waals surface area (Å²) in [6.07, 6.45) is 3.03. The topological polar surface area (TPSA) is 96.0 Å². The third kappa shape index (κ3) is 10.2. The second kappa shape index (κ2) is 16.2. The highest BCUT2D eigenvalue weighted by Crippen LogP contribution is 2.26. The van der Waals surface area contributed by atoms with Gasteiger partial charge in [-0.25, -0.2) is 8.42 Å². The molecule has 0 unspecified atom stereocenters. The number of benzene rings is 4. The first-order chi connectivity index (χ1) is 21.6. The van der Waals surface area contributed by atoms with E-state index in [4.69, 9.17) is 4.74 Å². The molecule has 0 aromatic heterocycles. The number of nitrogens with zero attached hydrogens (tertiary/aromatic N) is 2. The highest BCUT2D eigenvalue weighted by molar-refractivity contribution is 9.10. The van der Waals surface area contributed by atoms with Gasteiger partial charge in [0.1, 0.15) is 24.1 Å². The lowest BCUT2D eigenvalue weighted by molar-refractivity contribution is -0.140. The smallest absolute Gasteiger partial charge is 0.244 e. The molecule has 4 aromatic carbocycles. The number of hydrogen-bond acceptors (Lipinski definition) is 5. The van der Waals surface area contributed by atoms with Gasteiger partial charge >= 0.3 is 0 Å². The molecule has 1 atom stereocenters. The number of rotatable bonds is 15. The van der Waals surface area contributed by atoms with Crippen molar-refractivity contribution in [2.24, 2.45) is 0 Å². The maximum Gasteiger partial charge on any atom is 0.244 e. The summed E-state index contributed by atoms with van der Waals surface area (Å²) in [5.74, 6) is 0.374. The summed E-state index contributed by atoms with van der Waals surface area (Å²) < 4.78 is 33.9. The number of nitrogens with one attached hydrogen (secondary N) is 1. The van der Waals surface area contributed by atoms with E-state index >= 15 is 0 Å². The summed E-state index contributed by atoms with van der Waals surface area (Å²) in [7, 11) is -3.88. The van der Waals surface area contributed by atoms with E-state index in [0.717, 1.165) is 39.0 Å². The Bertz CT molecular complexity index is 1650. The average Bonchev–Trinajstić information content (AvgIpc) is 3.02. The number of amides is 2. The molecule has 1 N–H and O–H groups in total. The summed E-state index contributed by atoms with van der Waals surface area (Å²) >= 11 is 3.49. The molecule has 10 heteroatoms. The van der Waals surface area contributed by atoms with Crippen LogP contribution in [0.3, 0.4) is 0 Å². The van der Waals surface area contributed by atoms with Crippen LogP contribution in [0.15, 0.2) is 114 Å². The fourth-order valence-corrected chi connectivity index (χ4v) is 6.11. The Balaban J connectivity index is 1.66. The molecule has 0 fully saturated rings. The van der Waals surface area contributed by atoms with Gasteiger partial charge in [-0.05, 0) is 66.1 Å². The third-order valence-electron chi connectivity index (χ3n) is 7.13. The van der Waals surface area contributed by atoms with E-state index in [1.165, 1.54) is 4.90 Å². The Morgan fingerprint density at radius 3 is 2.09 bits per heavy atom. The highest BCUT2D eigenvalue weighted by atomic mass is 79.9. The fourth-order valence-electron chi connectivity index (χ4n) is 4.81. The maximum atomic E-state index is 14.2. The number of hydrogen-bond donors (Lipinski definition) is 1. The Kier molecular flexibility index (Phi) is 12.2. The van der Waals surface area contributed by atoms with Crippen LogP contribution >= 0.6 is 15.9 Å². The number of carbonyl (C=O) groups is 2. The average molecular weight is 693 g/mol. The Morgan fingerprint density at radius 1 is 0.844 bits per heavy atom. The van der Waals surface area contributed by atoms with Crippen LogP contribution in [0.2, 0.25) is 0 Å². The first-order valence-corrected chi connectivity index (χ1v) is 17.4. The molecule has 0 spiro atoms. The summed E-state index contributed by atoms with van der Waals surface area (Å²) in [6, 6.07) is 31.9. The van der Waals surface area contributed by atoms with Gasteiger partial charge in [0, 0.05) is 24.0 Å². The Hall–Kier alpha value is -4.15. The van der Waals surface area contributed by atoms with E-state index in [9.17, 15) is 18.0 Å². The molecule has 0 aliphatic rings. The van der Waals surface area contributed by atoms with E-state index in [0.29, 0.717) is 23.7 Å². The van der Waals surface area contributed by atoms with E-state index < -0.39 is 28.5 Å². The van der Waals surface area contributed by atoms with Gasteiger partial charge in [0.2, 0.25) is 21.8 Å². The van der Waals surface area contributed by atoms with Gasteiger partial charge in [0.05, 0.1) is 11.9 Å². The lowest BCUT2D eigenvalue weighted by atomic mass is 10.0. The first kappa shape index (κ1) is 33.7. The molecule has 0 heterocycles. The molecule has 0 aliphatic carbocycles. The zero-order valence-electron chi connectivity index (χ0n) is 25.4. The van der Waals surface area contributed by atoms with Crippen molar-refractivity contribution in [1.29, 1.82) is 0 Å². The van der Waals surface area contributed by atoms with Crippen molar-refractivity contribution in [3.63, 3.8) is 0 Å². The van der Waals surface area contributed by atoms with Crippen LogP contribution in [-0.2, 0) is 32.6 Å². The maximum absolute atomic E-state index is 14.2. The molecule has 2 amide bonds. The summed E-state index contributed by atoms with van der Waals surface area (Å²) in [6.45, 7) is 2.14. The van der Waals surface area contributed by atoms with Crippen molar-refractivity contribution in [3.05, 3.63) is 125 Å². The van der Waals surface area contributed by atoms with Crippen LogP contribution in [0.25, 0.3) is 0 Å². The zero-order chi connectivity index (χ0) is 32.2. The van der Waals surface area contributed by atoms with Crippen LogP contribution in [-0.4, -0.2) is 50.5 Å². The van der Waals surface area contributed by atoms with Gasteiger partial charge in [-0.15, -0.1) is 0 Å². The van der Waals surface area contributed by atoms with Gasteiger partial charge in [-0.2, -0.15) is 0 Å². The lowest BCUT2D eigenvalue weighted by Crippen LogP contribution is -2.53.